The third-order valence-electron chi connectivity index (χ3n) is 1.61. The van der Waals surface area contributed by atoms with Gasteiger partial charge in [-0.25, -0.2) is 0 Å². The Hall–Kier alpha value is -0.580. The van der Waals surface area contributed by atoms with Crippen LogP contribution >= 0.6 is 15.9 Å². The van der Waals surface area contributed by atoms with E-state index in [2.05, 4.69) is 25.4 Å². The van der Waals surface area contributed by atoms with E-state index < -0.39 is 6.29 Å². The van der Waals surface area contributed by atoms with Crippen LogP contribution in [0.15, 0.2) is 22.1 Å². The largest absolute Gasteiger partial charge is 0.586 e. The molecule has 0 bridgehead atoms. The summed E-state index contributed by atoms with van der Waals surface area (Å²) in [5.74, 6) is 0.268. The Bertz CT molecular complexity index is 283. The number of ether oxygens (including phenoxy) is 2. The van der Waals surface area contributed by atoms with Gasteiger partial charge in [0.05, 0.1) is 0 Å². The van der Waals surface area contributed by atoms with Gasteiger partial charge in [-0.05, 0) is 18.9 Å². The average Bonchev–Trinajstić information content (AvgIpc) is 2.25. The number of fused-ring (bicyclic) bond motifs is 1. The highest BCUT2D eigenvalue weighted by molar-refractivity contribution is 9.11. The van der Waals surface area contributed by atoms with Crippen molar-refractivity contribution >= 4 is 15.9 Å². The fourth-order valence-corrected chi connectivity index (χ4v) is 1.64. The average molecular weight is 239 g/mol. The molecule has 0 aromatic carbocycles. The smallest absolute Gasteiger partial charge is 0.396 e. The van der Waals surface area contributed by atoms with Crippen LogP contribution in [0, 0.1) is 0 Å². The second kappa shape index (κ2) is 2.45. The Morgan fingerprint density at radius 2 is 2.17 bits per heavy atom. The van der Waals surface area contributed by atoms with Crippen molar-refractivity contribution in [3.63, 3.8) is 0 Å². The summed E-state index contributed by atoms with van der Waals surface area (Å²) in [6.45, 7) is 0. The lowest BCUT2D eigenvalue weighted by Gasteiger charge is -2.05. The van der Waals surface area contributed by atoms with Crippen molar-refractivity contribution in [2.75, 3.05) is 0 Å². The molecule has 0 N–H and O–H groups in total. The Kier molecular flexibility index (Phi) is 1.64. The highest BCUT2D eigenvalue weighted by Gasteiger charge is 2.47. The fourth-order valence-electron chi connectivity index (χ4n) is 1.13. The van der Waals surface area contributed by atoms with Gasteiger partial charge < -0.3 is 9.47 Å². The monoisotopic (exact) mass is 238 g/mol. The summed E-state index contributed by atoms with van der Waals surface area (Å²) in [5.41, 5.74) is 0. The first kappa shape index (κ1) is 8.04. The van der Waals surface area contributed by atoms with Crippen molar-refractivity contribution in [1.82, 2.24) is 0 Å². The third-order valence-corrected chi connectivity index (χ3v) is 2.37. The molecule has 2 aliphatic rings. The van der Waals surface area contributed by atoms with Gasteiger partial charge in [0, 0.05) is 4.48 Å². The molecule has 1 saturated heterocycles. The molecule has 2 rings (SSSR count). The van der Waals surface area contributed by atoms with Gasteiger partial charge in [-0.2, -0.15) is 0 Å². The third kappa shape index (κ3) is 1.22. The molecule has 12 heavy (non-hydrogen) atoms. The molecular formula is C7H5BrF2O2. The normalized spacial score (nSPS) is 25.8. The van der Waals surface area contributed by atoms with Gasteiger partial charge in [0.15, 0.2) is 11.5 Å². The van der Waals surface area contributed by atoms with Crippen molar-refractivity contribution < 1.29 is 18.3 Å². The Morgan fingerprint density at radius 1 is 1.42 bits per heavy atom. The molecule has 0 radical (unpaired) electrons. The molecule has 1 fully saturated rings. The van der Waals surface area contributed by atoms with E-state index in [1.807, 2.05) is 0 Å². The zero-order chi connectivity index (χ0) is 8.77. The summed E-state index contributed by atoms with van der Waals surface area (Å²) >= 11 is 3.15. The summed E-state index contributed by atoms with van der Waals surface area (Å²) in [6.07, 6.45) is -0.525. The molecule has 0 atom stereocenters. The van der Waals surface area contributed by atoms with E-state index in [9.17, 15) is 8.78 Å². The van der Waals surface area contributed by atoms with E-state index in [4.69, 9.17) is 0 Å². The van der Waals surface area contributed by atoms with Gasteiger partial charge >= 0.3 is 6.29 Å². The van der Waals surface area contributed by atoms with Crippen LogP contribution in [0.3, 0.4) is 0 Å². The highest BCUT2D eigenvalue weighted by Crippen LogP contribution is 2.42. The summed E-state index contributed by atoms with van der Waals surface area (Å²) in [6, 6.07) is 0. The van der Waals surface area contributed by atoms with Gasteiger partial charge in [0.2, 0.25) is 0 Å². The van der Waals surface area contributed by atoms with Crippen LogP contribution in [0.1, 0.15) is 12.8 Å². The second-order valence-corrected chi connectivity index (χ2v) is 3.47. The van der Waals surface area contributed by atoms with Crippen molar-refractivity contribution in [2.24, 2.45) is 0 Å². The van der Waals surface area contributed by atoms with Crippen molar-refractivity contribution in [3.05, 3.63) is 22.1 Å². The van der Waals surface area contributed by atoms with Gasteiger partial charge in [0.1, 0.15) is 0 Å². The molecule has 66 valence electrons. The second-order valence-electron chi connectivity index (χ2n) is 2.51. The molecule has 0 aromatic heterocycles. The predicted molar refractivity (Wildman–Crippen MR) is 40.4 cm³/mol. The maximum atomic E-state index is 12.5. The molecule has 0 unspecified atom stereocenters. The number of rotatable bonds is 0. The number of alkyl halides is 2. The van der Waals surface area contributed by atoms with Crippen molar-refractivity contribution in [2.45, 2.75) is 19.1 Å². The zero-order valence-corrected chi connectivity index (χ0v) is 7.53. The summed E-state index contributed by atoms with van der Waals surface area (Å²) in [5, 5.41) is 0. The van der Waals surface area contributed by atoms with E-state index >= 15 is 0 Å². The standard InChI is InChI=1S/C7H5BrF2O2/c8-4-2-1-3-5-6(4)12-7(9,10)11-5/h3H,1-2H2. The van der Waals surface area contributed by atoms with Crippen LogP contribution in [0.5, 0.6) is 0 Å². The zero-order valence-electron chi connectivity index (χ0n) is 5.94. The van der Waals surface area contributed by atoms with Crippen LogP contribution in [0.2, 0.25) is 0 Å². The van der Waals surface area contributed by atoms with Crippen LogP contribution in [-0.2, 0) is 9.47 Å². The summed E-state index contributed by atoms with van der Waals surface area (Å²) < 4.78 is 34.1. The number of hydrogen-bond donors (Lipinski definition) is 0. The predicted octanol–water partition coefficient (Wildman–Crippen LogP) is 2.87. The first-order valence-electron chi connectivity index (χ1n) is 3.43. The molecule has 0 saturated carbocycles. The molecule has 0 spiro atoms. The van der Waals surface area contributed by atoms with Crippen LogP contribution in [0.4, 0.5) is 8.78 Å². The molecule has 1 aliphatic carbocycles. The summed E-state index contributed by atoms with van der Waals surface area (Å²) in [4.78, 5) is 0. The minimum absolute atomic E-state index is 0.131. The molecule has 0 aromatic rings. The number of halogens is 3. The van der Waals surface area contributed by atoms with Crippen LogP contribution < -0.4 is 0 Å². The van der Waals surface area contributed by atoms with E-state index in [1.165, 1.54) is 0 Å². The first-order valence-corrected chi connectivity index (χ1v) is 4.23. The van der Waals surface area contributed by atoms with Gasteiger partial charge in [-0.3, -0.25) is 0 Å². The van der Waals surface area contributed by atoms with Crippen LogP contribution in [-0.4, -0.2) is 6.29 Å². The fraction of sp³-hybridized carbons (Fsp3) is 0.429. The lowest BCUT2D eigenvalue weighted by Crippen LogP contribution is -2.14. The number of allylic oxidation sites excluding steroid dienone is 2. The minimum atomic E-state index is -3.50. The van der Waals surface area contributed by atoms with E-state index in [0.29, 0.717) is 17.3 Å². The molecule has 1 aliphatic heterocycles. The Labute approximate surface area is 76.0 Å². The SMILES string of the molecule is FC1(F)OC2=CCCC(Br)=C2O1. The topological polar surface area (TPSA) is 18.5 Å². The Balaban J connectivity index is 2.37. The maximum absolute atomic E-state index is 12.5. The van der Waals surface area contributed by atoms with Crippen molar-refractivity contribution in [3.8, 4) is 0 Å². The lowest BCUT2D eigenvalue weighted by atomic mass is 10.1. The molecule has 5 heteroatoms. The molecule has 0 amide bonds. The van der Waals surface area contributed by atoms with E-state index in [-0.39, 0.29) is 11.5 Å². The maximum Gasteiger partial charge on any atom is 0.586 e. The van der Waals surface area contributed by atoms with Gasteiger partial charge in [-0.15, -0.1) is 8.78 Å². The molecular weight excluding hydrogens is 234 g/mol. The van der Waals surface area contributed by atoms with E-state index in [0.717, 1.165) is 0 Å². The molecule has 1 heterocycles. The van der Waals surface area contributed by atoms with Gasteiger partial charge in [-0.1, -0.05) is 15.9 Å². The Morgan fingerprint density at radius 3 is 2.83 bits per heavy atom. The highest BCUT2D eigenvalue weighted by atomic mass is 79.9. The minimum Gasteiger partial charge on any atom is -0.396 e. The van der Waals surface area contributed by atoms with Gasteiger partial charge in [0.25, 0.3) is 0 Å². The van der Waals surface area contributed by atoms with Crippen molar-refractivity contribution in [1.29, 1.82) is 0 Å². The quantitative estimate of drug-likeness (QED) is 0.647. The van der Waals surface area contributed by atoms with Crippen LogP contribution in [0.25, 0.3) is 0 Å². The first-order chi connectivity index (χ1) is 5.58. The lowest BCUT2D eigenvalue weighted by molar-refractivity contribution is -0.326. The number of hydrogen-bond acceptors (Lipinski definition) is 2. The molecule has 2 nitrogen and oxygen atoms in total. The summed E-state index contributed by atoms with van der Waals surface area (Å²) in [7, 11) is 0. The van der Waals surface area contributed by atoms with E-state index in [1.54, 1.807) is 6.08 Å².